The Morgan fingerprint density at radius 1 is 0.465 bits per heavy atom. The predicted octanol–water partition coefficient (Wildman–Crippen LogP) is 8.52. The van der Waals surface area contributed by atoms with Gasteiger partial charge in [-0.25, -0.2) is 0 Å². The summed E-state index contributed by atoms with van der Waals surface area (Å²) in [6.07, 6.45) is 0. The third kappa shape index (κ3) is 3.53. The molecule has 0 fully saturated rings. The Morgan fingerprint density at radius 3 is 1.70 bits per heavy atom. The molecular weight excluding hydrogens is 517 g/mol. The Balaban J connectivity index is 1.43. The molecule has 8 aromatic rings. The number of hydrogen-bond acceptors (Lipinski definition) is 1. The first-order chi connectivity index (χ1) is 21.3. The van der Waals surface area contributed by atoms with E-state index in [0.29, 0.717) is 0 Å². The highest BCUT2D eigenvalue weighted by Gasteiger charge is 2.35. The zero-order valence-electron chi connectivity index (χ0n) is 24.0. The fraction of sp³-hybridized carbons (Fsp3) is 0.0244. The van der Waals surface area contributed by atoms with Gasteiger partial charge in [0.25, 0.3) is 0 Å². The van der Waals surface area contributed by atoms with Gasteiger partial charge in [-0.15, -0.1) is 0 Å². The molecule has 0 atom stereocenters. The van der Waals surface area contributed by atoms with Crippen LogP contribution in [-0.2, 0) is 0 Å². The minimum atomic E-state index is 0.172. The number of hydrogen-bond donors (Lipinski definition) is 0. The summed E-state index contributed by atoms with van der Waals surface area (Å²) in [4.78, 5) is 2.42. The summed E-state index contributed by atoms with van der Waals surface area (Å²) in [5.41, 5.74) is 11.7. The smallest absolute Gasteiger partial charge is 0.246 e. The van der Waals surface area contributed by atoms with Gasteiger partial charge in [-0.05, 0) is 72.2 Å². The zero-order valence-corrected chi connectivity index (χ0v) is 24.0. The van der Waals surface area contributed by atoms with E-state index in [9.17, 15) is 0 Å². The van der Waals surface area contributed by atoms with E-state index in [1.165, 1.54) is 82.3 Å². The molecule has 0 aliphatic carbocycles. The fourth-order valence-electron chi connectivity index (χ4n) is 7.62. The highest BCUT2D eigenvalue weighted by Crippen LogP contribution is 2.46. The van der Waals surface area contributed by atoms with Crippen molar-refractivity contribution in [2.24, 2.45) is 0 Å². The van der Waals surface area contributed by atoms with Crippen LogP contribution < -0.4 is 21.3 Å². The summed E-state index contributed by atoms with van der Waals surface area (Å²) in [6, 6.07) is 55.9. The van der Waals surface area contributed by atoms with Crippen molar-refractivity contribution in [2.45, 2.75) is 0 Å². The molecule has 0 aromatic heterocycles. The molecule has 200 valence electrons. The SMILES string of the molecule is CN1c2ccccc2B(c2ccccc2)c2cc3ccc4c(-c5ccccc5)cc(-c5ccccc5)c5ccc(c21)c3c45. The van der Waals surface area contributed by atoms with Crippen LogP contribution in [0.3, 0.4) is 0 Å². The topological polar surface area (TPSA) is 3.24 Å². The van der Waals surface area contributed by atoms with Crippen molar-refractivity contribution in [1.29, 1.82) is 0 Å². The van der Waals surface area contributed by atoms with E-state index in [1.54, 1.807) is 0 Å². The molecule has 9 rings (SSSR count). The van der Waals surface area contributed by atoms with E-state index in [0.717, 1.165) is 0 Å². The third-order valence-electron chi connectivity index (χ3n) is 9.46. The summed E-state index contributed by atoms with van der Waals surface area (Å²) in [6.45, 7) is 0.172. The Hall–Kier alpha value is -5.34. The van der Waals surface area contributed by atoms with Crippen molar-refractivity contribution in [1.82, 2.24) is 0 Å². The van der Waals surface area contributed by atoms with Crippen LogP contribution >= 0.6 is 0 Å². The molecule has 8 aromatic carbocycles. The van der Waals surface area contributed by atoms with Crippen LogP contribution in [0.2, 0.25) is 0 Å². The van der Waals surface area contributed by atoms with Gasteiger partial charge in [-0.2, -0.15) is 0 Å². The molecule has 0 spiro atoms. The van der Waals surface area contributed by atoms with Crippen molar-refractivity contribution < 1.29 is 0 Å². The molecule has 1 aliphatic rings. The molecule has 0 saturated carbocycles. The van der Waals surface area contributed by atoms with Crippen molar-refractivity contribution in [3.05, 3.63) is 152 Å². The average molecular weight is 545 g/mol. The van der Waals surface area contributed by atoms with Gasteiger partial charge in [0.15, 0.2) is 0 Å². The minimum absolute atomic E-state index is 0.172. The highest BCUT2D eigenvalue weighted by molar-refractivity contribution is 6.98. The molecule has 0 radical (unpaired) electrons. The number of para-hydroxylation sites is 1. The highest BCUT2D eigenvalue weighted by atomic mass is 15.1. The average Bonchev–Trinajstić information content (AvgIpc) is 3.08. The maximum absolute atomic E-state index is 2.47. The van der Waals surface area contributed by atoms with Crippen molar-refractivity contribution in [3.63, 3.8) is 0 Å². The van der Waals surface area contributed by atoms with Gasteiger partial charge in [0.1, 0.15) is 0 Å². The second-order valence-electron chi connectivity index (χ2n) is 11.7. The summed E-state index contributed by atoms with van der Waals surface area (Å²) in [7, 11) is 2.24. The van der Waals surface area contributed by atoms with Crippen LogP contribution in [0.5, 0.6) is 0 Å². The molecule has 0 N–H and O–H groups in total. The molecule has 43 heavy (non-hydrogen) atoms. The van der Waals surface area contributed by atoms with Gasteiger partial charge in [-0.1, -0.05) is 145 Å². The maximum atomic E-state index is 2.47. The lowest BCUT2D eigenvalue weighted by Gasteiger charge is -2.36. The third-order valence-corrected chi connectivity index (χ3v) is 9.46. The Morgan fingerprint density at radius 2 is 1.02 bits per heavy atom. The van der Waals surface area contributed by atoms with Crippen LogP contribution in [0.1, 0.15) is 0 Å². The second-order valence-corrected chi connectivity index (χ2v) is 11.7. The van der Waals surface area contributed by atoms with Crippen LogP contribution in [0, 0.1) is 0 Å². The number of rotatable bonds is 3. The van der Waals surface area contributed by atoms with Crippen LogP contribution in [0.25, 0.3) is 54.6 Å². The standard InChI is InChI=1S/C41H28BN/c1-43-38-20-12-11-19-36(38)42(30-17-9-4-10-18-30)37-25-29-21-22-31-34(27-13-5-2-6-14-27)26-35(28-15-7-3-8-16-28)32-23-24-33(41(37)43)39(29)40(31)32/h2-26H,1H3. The van der Waals surface area contributed by atoms with E-state index in [4.69, 9.17) is 0 Å². The van der Waals surface area contributed by atoms with Gasteiger partial charge < -0.3 is 4.90 Å². The first kappa shape index (κ1) is 24.3. The predicted molar refractivity (Wildman–Crippen MR) is 187 cm³/mol. The molecule has 0 unspecified atom stereocenters. The van der Waals surface area contributed by atoms with Crippen LogP contribution in [0.15, 0.2) is 152 Å². The van der Waals surface area contributed by atoms with E-state index in [1.807, 2.05) is 0 Å². The Kier molecular flexibility index (Phi) is 5.27. The van der Waals surface area contributed by atoms with Crippen LogP contribution in [0.4, 0.5) is 11.4 Å². The lowest BCUT2D eigenvalue weighted by Crippen LogP contribution is -2.57. The minimum Gasteiger partial charge on any atom is -0.345 e. The lowest BCUT2D eigenvalue weighted by molar-refractivity contribution is 1.23. The summed E-state index contributed by atoms with van der Waals surface area (Å²) >= 11 is 0. The van der Waals surface area contributed by atoms with E-state index >= 15 is 0 Å². The zero-order chi connectivity index (χ0) is 28.5. The Bertz CT molecular complexity index is 2230. The first-order valence-electron chi connectivity index (χ1n) is 15.0. The van der Waals surface area contributed by atoms with Gasteiger partial charge >= 0.3 is 0 Å². The van der Waals surface area contributed by atoms with E-state index in [2.05, 4.69) is 164 Å². The fourth-order valence-corrected chi connectivity index (χ4v) is 7.62. The molecule has 0 bridgehead atoms. The second kappa shape index (κ2) is 9.34. The van der Waals surface area contributed by atoms with E-state index in [-0.39, 0.29) is 6.71 Å². The lowest BCUT2D eigenvalue weighted by atomic mass is 9.35. The summed E-state index contributed by atoms with van der Waals surface area (Å²) in [5.74, 6) is 0. The van der Waals surface area contributed by atoms with Gasteiger partial charge in [0.2, 0.25) is 6.71 Å². The largest absolute Gasteiger partial charge is 0.345 e. The quantitative estimate of drug-likeness (QED) is 0.159. The van der Waals surface area contributed by atoms with Gasteiger partial charge in [0.05, 0.1) is 0 Å². The van der Waals surface area contributed by atoms with Crippen molar-refractivity contribution in [2.75, 3.05) is 11.9 Å². The molecule has 0 saturated heterocycles. The number of nitrogens with zero attached hydrogens (tertiary/aromatic N) is 1. The summed E-state index contributed by atoms with van der Waals surface area (Å²) < 4.78 is 0. The number of benzene rings is 8. The molecule has 2 heteroatoms. The number of anilines is 2. The van der Waals surface area contributed by atoms with Crippen molar-refractivity contribution in [3.8, 4) is 22.3 Å². The Labute approximate surface area is 252 Å². The monoisotopic (exact) mass is 545 g/mol. The molecule has 1 nitrogen and oxygen atoms in total. The van der Waals surface area contributed by atoms with E-state index < -0.39 is 0 Å². The van der Waals surface area contributed by atoms with Gasteiger partial charge in [-0.3, -0.25) is 0 Å². The van der Waals surface area contributed by atoms with Crippen LogP contribution in [-0.4, -0.2) is 13.8 Å². The molecule has 1 heterocycles. The first-order valence-corrected chi connectivity index (χ1v) is 15.0. The molecule has 1 aliphatic heterocycles. The number of fused-ring (bicyclic) bond motifs is 3. The summed E-state index contributed by atoms with van der Waals surface area (Å²) in [5, 5.41) is 7.91. The van der Waals surface area contributed by atoms with Crippen molar-refractivity contribution >= 4 is 66.8 Å². The van der Waals surface area contributed by atoms with Gasteiger partial charge in [0, 0.05) is 23.8 Å². The normalized spacial score (nSPS) is 12.7. The molecule has 0 amide bonds. The molecular formula is C41H28BN. The maximum Gasteiger partial charge on any atom is 0.246 e.